The maximum Gasteiger partial charge on any atom is 0.336 e. The topological polar surface area (TPSA) is 62.0 Å². The van der Waals surface area contributed by atoms with Gasteiger partial charge >= 0.3 is 5.97 Å². The van der Waals surface area contributed by atoms with E-state index in [0.717, 1.165) is 21.8 Å². The summed E-state index contributed by atoms with van der Waals surface area (Å²) in [5.41, 5.74) is 1.69. The van der Waals surface area contributed by atoms with Gasteiger partial charge in [-0.1, -0.05) is 60.7 Å². The van der Waals surface area contributed by atoms with Gasteiger partial charge < -0.3 is 5.11 Å². The third-order valence-electron chi connectivity index (χ3n) is 4.16. The highest BCUT2D eigenvalue weighted by Crippen LogP contribution is 2.32. The normalized spacial score (nSPS) is 11.4. The molecule has 4 aromatic rings. The van der Waals surface area contributed by atoms with Crippen LogP contribution >= 0.6 is 0 Å². The lowest BCUT2D eigenvalue weighted by atomic mass is 10.0. The first kappa shape index (κ1) is 15.0. The van der Waals surface area contributed by atoms with Crippen LogP contribution in [0, 0.1) is 0 Å². The smallest absolute Gasteiger partial charge is 0.336 e. The first-order valence-electron chi connectivity index (χ1n) is 7.88. The minimum Gasteiger partial charge on any atom is -0.478 e. The van der Waals surface area contributed by atoms with E-state index in [0.29, 0.717) is 11.1 Å². The van der Waals surface area contributed by atoms with E-state index >= 15 is 0 Å². The van der Waals surface area contributed by atoms with Gasteiger partial charge in [0.05, 0.1) is 16.9 Å². The summed E-state index contributed by atoms with van der Waals surface area (Å²) in [7, 11) is 0. The molecule has 0 aliphatic carbocycles. The molecule has 0 fully saturated rings. The molecule has 0 heterocycles. The Morgan fingerprint density at radius 1 is 0.640 bits per heavy atom. The Balaban J connectivity index is 1.84. The van der Waals surface area contributed by atoms with Crippen molar-refractivity contribution in [1.82, 2.24) is 0 Å². The predicted octanol–water partition coefficient (Wildman–Crippen LogP) is 6.11. The summed E-state index contributed by atoms with van der Waals surface area (Å²) in [4.78, 5) is 11.4. The fourth-order valence-corrected chi connectivity index (χ4v) is 2.96. The zero-order valence-electron chi connectivity index (χ0n) is 13.3. The second kappa shape index (κ2) is 6.17. The van der Waals surface area contributed by atoms with Crippen LogP contribution in [0.25, 0.3) is 21.5 Å². The van der Waals surface area contributed by atoms with Gasteiger partial charge in [0.25, 0.3) is 0 Å². The monoisotopic (exact) mass is 326 g/mol. The van der Waals surface area contributed by atoms with Gasteiger partial charge in [-0.25, -0.2) is 4.79 Å². The molecule has 0 saturated carbocycles. The number of fused-ring (bicyclic) bond motifs is 2. The number of carbonyl (C=O) groups is 1. The summed E-state index contributed by atoms with van der Waals surface area (Å²) in [6, 6.07) is 24.5. The van der Waals surface area contributed by atoms with Crippen LogP contribution in [-0.2, 0) is 0 Å². The molecule has 4 nitrogen and oxygen atoms in total. The zero-order chi connectivity index (χ0) is 17.2. The van der Waals surface area contributed by atoms with Crippen LogP contribution in [0.4, 0.5) is 11.4 Å². The second-order valence-corrected chi connectivity index (χ2v) is 5.68. The summed E-state index contributed by atoms with van der Waals surface area (Å²) in [6.45, 7) is 0. The maximum atomic E-state index is 11.4. The summed E-state index contributed by atoms with van der Waals surface area (Å²) >= 11 is 0. The minimum atomic E-state index is -0.950. The highest BCUT2D eigenvalue weighted by Gasteiger charge is 2.10. The summed E-state index contributed by atoms with van der Waals surface area (Å²) in [5, 5.41) is 21.7. The number of benzene rings is 4. The lowest BCUT2D eigenvalue weighted by Gasteiger charge is -2.05. The second-order valence-electron chi connectivity index (χ2n) is 5.68. The molecule has 0 aromatic heterocycles. The highest BCUT2D eigenvalue weighted by atomic mass is 16.4. The standard InChI is InChI=1S/C21H14N2O2/c24-21(25)18-12-13-20(17-10-4-3-9-16(17)18)23-22-19-11-5-7-14-6-1-2-8-15(14)19/h1-13H,(H,24,25). The Morgan fingerprint density at radius 2 is 1.24 bits per heavy atom. The fraction of sp³-hybridized carbons (Fsp3) is 0. The Labute approximate surface area is 144 Å². The molecule has 0 atom stereocenters. The molecule has 4 rings (SSSR count). The lowest BCUT2D eigenvalue weighted by molar-refractivity contribution is 0.0699. The first-order valence-corrected chi connectivity index (χ1v) is 7.88. The molecule has 0 unspecified atom stereocenters. The van der Waals surface area contributed by atoms with Crippen molar-refractivity contribution < 1.29 is 9.90 Å². The van der Waals surface area contributed by atoms with E-state index in [2.05, 4.69) is 10.2 Å². The quantitative estimate of drug-likeness (QED) is 0.462. The number of azo groups is 1. The van der Waals surface area contributed by atoms with E-state index in [4.69, 9.17) is 0 Å². The molecule has 0 amide bonds. The molecule has 0 saturated heterocycles. The van der Waals surface area contributed by atoms with Crippen molar-refractivity contribution in [2.24, 2.45) is 10.2 Å². The van der Waals surface area contributed by atoms with E-state index in [1.807, 2.05) is 60.7 Å². The van der Waals surface area contributed by atoms with Gasteiger partial charge in [0, 0.05) is 10.8 Å². The van der Waals surface area contributed by atoms with Crippen LogP contribution in [0.15, 0.2) is 89.1 Å². The third kappa shape index (κ3) is 2.74. The van der Waals surface area contributed by atoms with Gasteiger partial charge in [0.2, 0.25) is 0 Å². The SMILES string of the molecule is O=C(O)c1ccc(N=Nc2cccc3ccccc23)c2ccccc12. The molecular weight excluding hydrogens is 312 g/mol. The number of aromatic carboxylic acids is 1. The Morgan fingerprint density at radius 3 is 2.00 bits per heavy atom. The number of hydrogen-bond acceptors (Lipinski definition) is 3. The summed E-state index contributed by atoms with van der Waals surface area (Å²) in [6.07, 6.45) is 0. The average molecular weight is 326 g/mol. The Kier molecular flexibility index (Phi) is 3.71. The molecule has 4 heteroatoms. The number of nitrogens with zero attached hydrogens (tertiary/aromatic N) is 2. The van der Waals surface area contributed by atoms with Crippen LogP contribution in [0.1, 0.15) is 10.4 Å². The zero-order valence-corrected chi connectivity index (χ0v) is 13.3. The fourth-order valence-electron chi connectivity index (χ4n) is 2.96. The van der Waals surface area contributed by atoms with Gasteiger partial charge in [0.1, 0.15) is 0 Å². The minimum absolute atomic E-state index is 0.264. The van der Waals surface area contributed by atoms with Crippen molar-refractivity contribution in [3.05, 3.63) is 84.4 Å². The van der Waals surface area contributed by atoms with Gasteiger partial charge in [0.15, 0.2) is 0 Å². The van der Waals surface area contributed by atoms with Gasteiger partial charge in [-0.05, 0) is 29.0 Å². The average Bonchev–Trinajstić information content (AvgIpc) is 2.65. The van der Waals surface area contributed by atoms with E-state index in [9.17, 15) is 9.90 Å². The van der Waals surface area contributed by atoms with Gasteiger partial charge in [-0.15, -0.1) is 10.2 Å². The van der Waals surface area contributed by atoms with Crippen molar-refractivity contribution >= 4 is 38.9 Å². The molecule has 1 N–H and O–H groups in total. The molecule has 0 aliphatic heterocycles. The molecule has 0 radical (unpaired) electrons. The summed E-state index contributed by atoms with van der Waals surface area (Å²) < 4.78 is 0. The van der Waals surface area contributed by atoms with Crippen LogP contribution in [0.5, 0.6) is 0 Å². The number of rotatable bonds is 3. The van der Waals surface area contributed by atoms with E-state index in [1.54, 1.807) is 18.2 Å². The van der Waals surface area contributed by atoms with E-state index in [1.165, 1.54) is 0 Å². The molecule has 0 aliphatic rings. The van der Waals surface area contributed by atoms with E-state index in [-0.39, 0.29) is 5.56 Å². The number of hydrogen-bond donors (Lipinski definition) is 1. The van der Waals surface area contributed by atoms with Crippen molar-refractivity contribution in [3.63, 3.8) is 0 Å². The third-order valence-corrected chi connectivity index (χ3v) is 4.16. The first-order chi connectivity index (χ1) is 12.2. The predicted molar refractivity (Wildman–Crippen MR) is 99.0 cm³/mol. The highest BCUT2D eigenvalue weighted by molar-refractivity contribution is 6.07. The van der Waals surface area contributed by atoms with Crippen molar-refractivity contribution in [2.75, 3.05) is 0 Å². The Bertz CT molecular complexity index is 1130. The molecule has 0 bridgehead atoms. The molecule has 0 spiro atoms. The molecular formula is C21H14N2O2. The van der Waals surface area contributed by atoms with Crippen molar-refractivity contribution in [1.29, 1.82) is 0 Å². The van der Waals surface area contributed by atoms with E-state index < -0.39 is 5.97 Å². The Hall–Kier alpha value is -3.53. The van der Waals surface area contributed by atoms with Crippen molar-refractivity contribution in [2.45, 2.75) is 0 Å². The number of carboxylic acids is 1. The van der Waals surface area contributed by atoms with Gasteiger partial charge in [-0.3, -0.25) is 0 Å². The van der Waals surface area contributed by atoms with Crippen LogP contribution in [0.3, 0.4) is 0 Å². The van der Waals surface area contributed by atoms with Crippen LogP contribution < -0.4 is 0 Å². The maximum absolute atomic E-state index is 11.4. The largest absolute Gasteiger partial charge is 0.478 e. The number of carboxylic acid groups (broad SMARTS) is 1. The lowest BCUT2D eigenvalue weighted by Crippen LogP contribution is -1.96. The van der Waals surface area contributed by atoms with Gasteiger partial charge in [-0.2, -0.15) is 0 Å². The molecule has 120 valence electrons. The molecule has 4 aromatic carbocycles. The molecule has 25 heavy (non-hydrogen) atoms. The summed E-state index contributed by atoms with van der Waals surface area (Å²) in [5.74, 6) is -0.950. The van der Waals surface area contributed by atoms with Crippen LogP contribution in [-0.4, -0.2) is 11.1 Å². The van der Waals surface area contributed by atoms with Crippen molar-refractivity contribution in [3.8, 4) is 0 Å². The van der Waals surface area contributed by atoms with Crippen LogP contribution in [0.2, 0.25) is 0 Å².